The van der Waals surface area contributed by atoms with Crippen LogP contribution >= 0.6 is 0 Å². The lowest BCUT2D eigenvalue weighted by atomic mass is 10.0. The van der Waals surface area contributed by atoms with Gasteiger partial charge in [0.1, 0.15) is 0 Å². The molecule has 0 aliphatic rings. The molecule has 0 fully saturated rings. The Morgan fingerprint density at radius 3 is 2.60 bits per heavy atom. The molecular formula is C17H23N3O4S. The molecular weight excluding hydrogens is 342 g/mol. The minimum absolute atomic E-state index is 0.0219. The van der Waals surface area contributed by atoms with Gasteiger partial charge in [-0.15, -0.1) is 0 Å². The number of aromatic carboxylic acids is 1. The second kappa shape index (κ2) is 7.79. The predicted molar refractivity (Wildman–Crippen MR) is 94.1 cm³/mol. The molecule has 0 amide bonds. The summed E-state index contributed by atoms with van der Waals surface area (Å²) in [5.41, 5.74) is 0.548. The molecule has 0 bridgehead atoms. The van der Waals surface area contributed by atoms with Crippen LogP contribution in [-0.4, -0.2) is 35.8 Å². The van der Waals surface area contributed by atoms with Crippen LogP contribution in [0.2, 0.25) is 0 Å². The fourth-order valence-electron chi connectivity index (χ4n) is 2.50. The van der Waals surface area contributed by atoms with Crippen LogP contribution in [-0.2, 0) is 16.6 Å². The summed E-state index contributed by atoms with van der Waals surface area (Å²) < 4.78 is 29.8. The molecule has 0 spiro atoms. The third-order valence-corrected chi connectivity index (χ3v) is 5.33. The molecule has 1 aromatic heterocycles. The molecule has 0 radical (unpaired) electrons. The van der Waals surface area contributed by atoms with Crippen LogP contribution < -0.4 is 4.72 Å². The number of hydrogen-bond acceptors (Lipinski definition) is 4. The van der Waals surface area contributed by atoms with Crippen molar-refractivity contribution >= 4 is 16.0 Å². The van der Waals surface area contributed by atoms with Gasteiger partial charge < -0.3 is 5.11 Å². The van der Waals surface area contributed by atoms with Gasteiger partial charge >= 0.3 is 5.97 Å². The molecule has 2 N–H and O–H groups in total. The van der Waals surface area contributed by atoms with Crippen molar-refractivity contribution in [3.63, 3.8) is 0 Å². The highest BCUT2D eigenvalue weighted by Crippen LogP contribution is 2.25. The van der Waals surface area contributed by atoms with E-state index in [0.29, 0.717) is 12.1 Å². The summed E-state index contributed by atoms with van der Waals surface area (Å²) in [7, 11) is -3.81. The zero-order valence-corrected chi connectivity index (χ0v) is 15.3. The zero-order valence-electron chi connectivity index (χ0n) is 14.5. The Morgan fingerprint density at radius 2 is 2.04 bits per heavy atom. The Labute approximate surface area is 147 Å². The number of benzene rings is 1. The van der Waals surface area contributed by atoms with Crippen LogP contribution in [0, 0.1) is 5.92 Å². The SMILES string of the molecule is CC(CNS(=O)(=O)c1cc(C(=O)O)ccc1C(C)C)Cn1cccn1. The first kappa shape index (κ1) is 19.1. The summed E-state index contributed by atoms with van der Waals surface area (Å²) in [5.74, 6) is -1.17. The molecule has 1 heterocycles. The summed E-state index contributed by atoms with van der Waals surface area (Å²) in [6.45, 7) is 6.48. The maximum Gasteiger partial charge on any atom is 0.335 e. The van der Waals surface area contributed by atoms with Crippen molar-refractivity contribution in [2.24, 2.45) is 5.92 Å². The van der Waals surface area contributed by atoms with Crippen molar-refractivity contribution in [2.45, 2.75) is 38.1 Å². The van der Waals surface area contributed by atoms with Crippen molar-refractivity contribution in [3.05, 3.63) is 47.8 Å². The first-order chi connectivity index (χ1) is 11.7. The third kappa shape index (κ3) is 4.90. The number of carbonyl (C=O) groups is 1. The topological polar surface area (TPSA) is 101 Å². The molecule has 1 atom stereocenters. The molecule has 0 aliphatic heterocycles. The van der Waals surface area contributed by atoms with Crippen molar-refractivity contribution in [1.29, 1.82) is 0 Å². The lowest BCUT2D eigenvalue weighted by Crippen LogP contribution is -2.31. The molecule has 1 unspecified atom stereocenters. The van der Waals surface area contributed by atoms with E-state index in [0.717, 1.165) is 0 Å². The van der Waals surface area contributed by atoms with Crippen LogP contribution in [0.5, 0.6) is 0 Å². The number of carboxylic acid groups (broad SMARTS) is 1. The number of nitrogens with one attached hydrogen (secondary N) is 1. The summed E-state index contributed by atoms with van der Waals surface area (Å²) in [6, 6.07) is 6.02. The molecule has 7 nitrogen and oxygen atoms in total. The zero-order chi connectivity index (χ0) is 18.6. The maximum absolute atomic E-state index is 12.7. The van der Waals surface area contributed by atoms with Gasteiger partial charge in [0.2, 0.25) is 10.0 Å². The lowest BCUT2D eigenvalue weighted by molar-refractivity contribution is 0.0696. The molecule has 0 saturated heterocycles. The second-order valence-electron chi connectivity index (χ2n) is 6.40. The van der Waals surface area contributed by atoms with Gasteiger partial charge in [0.25, 0.3) is 0 Å². The van der Waals surface area contributed by atoms with Crippen molar-refractivity contribution < 1.29 is 18.3 Å². The average molecular weight is 365 g/mol. The highest BCUT2D eigenvalue weighted by Gasteiger charge is 2.22. The number of sulfonamides is 1. The highest BCUT2D eigenvalue weighted by atomic mass is 32.2. The van der Waals surface area contributed by atoms with E-state index in [1.807, 2.05) is 33.0 Å². The fourth-order valence-corrected chi connectivity index (χ4v) is 4.05. The monoisotopic (exact) mass is 365 g/mol. The van der Waals surface area contributed by atoms with Crippen molar-refractivity contribution in [1.82, 2.24) is 14.5 Å². The van der Waals surface area contributed by atoms with Gasteiger partial charge in [-0.25, -0.2) is 17.9 Å². The standard InChI is InChI=1S/C17H23N3O4S/c1-12(2)15-6-5-14(17(21)22)9-16(15)25(23,24)19-10-13(3)11-20-8-4-7-18-20/h4-9,12-13,19H,10-11H2,1-3H3,(H,21,22). The smallest absolute Gasteiger partial charge is 0.335 e. The first-order valence-electron chi connectivity index (χ1n) is 8.05. The molecule has 1 aromatic carbocycles. The Morgan fingerprint density at radius 1 is 1.32 bits per heavy atom. The summed E-state index contributed by atoms with van der Waals surface area (Å²) >= 11 is 0. The van der Waals surface area contributed by atoms with E-state index in [1.165, 1.54) is 12.1 Å². The Kier molecular flexibility index (Phi) is 5.97. The quantitative estimate of drug-likeness (QED) is 0.747. The van der Waals surface area contributed by atoms with Gasteiger partial charge in [0.05, 0.1) is 10.5 Å². The minimum Gasteiger partial charge on any atom is -0.478 e. The van der Waals surface area contributed by atoms with Gasteiger partial charge in [-0.2, -0.15) is 5.10 Å². The fraction of sp³-hybridized carbons (Fsp3) is 0.412. The normalized spacial score (nSPS) is 13.1. The van der Waals surface area contributed by atoms with E-state index < -0.39 is 16.0 Å². The van der Waals surface area contributed by atoms with Crippen LogP contribution in [0.15, 0.2) is 41.6 Å². The number of aromatic nitrogens is 2. The summed E-state index contributed by atoms with van der Waals surface area (Å²) in [4.78, 5) is 11.2. The number of rotatable bonds is 8. The minimum atomic E-state index is -3.81. The lowest BCUT2D eigenvalue weighted by Gasteiger charge is -2.17. The van der Waals surface area contributed by atoms with E-state index in [4.69, 9.17) is 5.11 Å². The number of nitrogens with zero attached hydrogens (tertiary/aromatic N) is 2. The summed E-state index contributed by atoms with van der Waals surface area (Å²) in [6.07, 6.45) is 3.49. The van der Waals surface area contributed by atoms with Crippen LogP contribution in [0.3, 0.4) is 0 Å². The molecule has 0 aliphatic carbocycles. The van der Waals surface area contributed by atoms with Gasteiger partial charge in [-0.3, -0.25) is 4.68 Å². The Bertz CT molecular complexity index is 830. The average Bonchev–Trinajstić information content (AvgIpc) is 3.05. The molecule has 2 rings (SSSR count). The van der Waals surface area contributed by atoms with E-state index in [-0.39, 0.29) is 28.8 Å². The van der Waals surface area contributed by atoms with Gasteiger partial charge in [-0.05, 0) is 35.6 Å². The van der Waals surface area contributed by atoms with Gasteiger partial charge in [-0.1, -0.05) is 26.8 Å². The summed E-state index contributed by atoms with van der Waals surface area (Å²) in [5, 5.41) is 13.2. The molecule has 0 saturated carbocycles. The van der Waals surface area contributed by atoms with Crippen LogP contribution in [0.1, 0.15) is 42.6 Å². The van der Waals surface area contributed by atoms with Gasteiger partial charge in [0.15, 0.2) is 0 Å². The van der Waals surface area contributed by atoms with Gasteiger partial charge in [0, 0.05) is 25.5 Å². The van der Waals surface area contributed by atoms with E-state index in [2.05, 4.69) is 9.82 Å². The van der Waals surface area contributed by atoms with E-state index >= 15 is 0 Å². The predicted octanol–water partition coefficient (Wildman–Crippen LogP) is 2.32. The second-order valence-corrected chi connectivity index (χ2v) is 8.13. The Balaban J connectivity index is 2.20. The molecule has 136 valence electrons. The molecule has 25 heavy (non-hydrogen) atoms. The van der Waals surface area contributed by atoms with Crippen molar-refractivity contribution in [2.75, 3.05) is 6.54 Å². The molecule has 2 aromatic rings. The number of hydrogen-bond donors (Lipinski definition) is 2. The number of carboxylic acids is 1. The third-order valence-electron chi connectivity index (χ3n) is 3.85. The van der Waals surface area contributed by atoms with E-state index in [1.54, 1.807) is 16.9 Å². The van der Waals surface area contributed by atoms with Crippen molar-refractivity contribution in [3.8, 4) is 0 Å². The largest absolute Gasteiger partial charge is 0.478 e. The maximum atomic E-state index is 12.7. The van der Waals surface area contributed by atoms with E-state index in [9.17, 15) is 13.2 Å². The first-order valence-corrected chi connectivity index (χ1v) is 9.53. The van der Waals surface area contributed by atoms with Crippen LogP contribution in [0.4, 0.5) is 0 Å². The highest BCUT2D eigenvalue weighted by molar-refractivity contribution is 7.89. The molecule has 8 heteroatoms. The van der Waals surface area contributed by atoms with Crippen LogP contribution in [0.25, 0.3) is 0 Å². The Hall–Kier alpha value is -2.19.